The highest BCUT2D eigenvalue weighted by Gasteiger charge is 2.29. The summed E-state index contributed by atoms with van der Waals surface area (Å²) < 4.78 is 5.81. The number of nitrogens with one attached hydrogen (secondary N) is 1. The maximum Gasteiger partial charge on any atom is 0.162 e. The van der Waals surface area contributed by atoms with E-state index in [1.54, 1.807) is 0 Å². The molecule has 18 heavy (non-hydrogen) atoms. The van der Waals surface area contributed by atoms with Gasteiger partial charge in [-0.15, -0.1) is 0 Å². The van der Waals surface area contributed by atoms with Crippen LogP contribution in [0.15, 0.2) is 0 Å². The van der Waals surface area contributed by atoms with Crippen LogP contribution in [0.1, 0.15) is 51.2 Å². The van der Waals surface area contributed by atoms with Gasteiger partial charge in [-0.1, -0.05) is 13.8 Å². The van der Waals surface area contributed by atoms with Crippen molar-refractivity contribution in [3.63, 3.8) is 0 Å². The van der Waals surface area contributed by atoms with Gasteiger partial charge in [-0.05, 0) is 33.6 Å². The Labute approximate surface area is 109 Å². The molecule has 0 spiro atoms. The van der Waals surface area contributed by atoms with Gasteiger partial charge in [-0.3, -0.25) is 0 Å². The Morgan fingerprint density at radius 3 is 2.39 bits per heavy atom. The molecular weight excluding hydrogens is 228 g/mol. The predicted molar refractivity (Wildman–Crippen MR) is 73.2 cm³/mol. The van der Waals surface area contributed by atoms with Crippen LogP contribution in [0.3, 0.4) is 0 Å². The number of anilines is 1. The molecule has 1 unspecified atom stereocenters. The summed E-state index contributed by atoms with van der Waals surface area (Å²) in [6, 6.07) is 0. The molecule has 0 aliphatic carbocycles. The second-order valence-corrected chi connectivity index (χ2v) is 4.48. The molecule has 5 nitrogen and oxygen atoms in total. The van der Waals surface area contributed by atoms with E-state index in [9.17, 15) is 0 Å². The van der Waals surface area contributed by atoms with Crippen LogP contribution in [0.5, 0.6) is 0 Å². The first-order chi connectivity index (χ1) is 8.52. The Kier molecular flexibility index (Phi) is 5.04. The molecule has 0 saturated heterocycles. The molecule has 1 atom stereocenters. The molecule has 102 valence electrons. The molecule has 0 saturated carbocycles. The monoisotopic (exact) mass is 252 g/mol. The standard InChI is InChI=1S/C13H24N4O/c1-6-10-9(4)11(17-14)16-12(15-10)13(5,7-2)18-8-3/h6-8,14H2,1-5H3,(H,15,16,17). The van der Waals surface area contributed by atoms with Crippen molar-refractivity contribution in [3.05, 3.63) is 17.1 Å². The van der Waals surface area contributed by atoms with E-state index in [2.05, 4.69) is 29.2 Å². The van der Waals surface area contributed by atoms with Gasteiger partial charge in [0.2, 0.25) is 0 Å². The van der Waals surface area contributed by atoms with E-state index < -0.39 is 5.60 Å². The van der Waals surface area contributed by atoms with Crippen molar-refractivity contribution in [2.24, 2.45) is 5.84 Å². The van der Waals surface area contributed by atoms with Gasteiger partial charge in [-0.2, -0.15) is 0 Å². The van der Waals surface area contributed by atoms with Crippen molar-refractivity contribution in [3.8, 4) is 0 Å². The molecule has 3 N–H and O–H groups in total. The zero-order valence-corrected chi connectivity index (χ0v) is 12.0. The molecule has 0 fully saturated rings. The number of nitrogens with two attached hydrogens (primary N) is 1. The van der Waals surface area contributed by atoms with Crippen molar-refractivity contribution < 1.29 is 4.74 Å². The average molecular weight is 252 g/mol. The van der Waals surface area contributed by atoms with Crippen LogP contribution >= 0.6 is 0 Å². The highest BCUT2D eigenvalue weighted by molar-refractivity contribution is 5.45. The summed E-state index contributed by atoms with van der Waals surface area (Å²) in [6.07, 6.45) is 1.67. The van der Waals surface area contributed by atoms with Crippen LogP contribution in [-0.2, 0) is 16.8 Å². The summed E-state index contributed by atoms with van der Waals surface area (Å²) in [5.41, 5.74) is 4.19. The summed E-state index contributed by atoms with van der Waals surface area (Å²) in [7, 11) is 0. The van der Waals surface area contributed by atoms with Crippen LogP contribution in [0.25, 0.3) is 0 Å². The fraction of sp³-hybridized carbons (Fsp3) is 0.692. The first kappa shape index (κ1) is 14.9. The maximum absolute atomic E-state index is 5.81. The van der Waals surface area contributed by atoms with Crippen molar-refractivity contribution in [2.75, 3.05) is 12.0 Å². The predicted octanol–water partition coefficient (Wildman–Crippen LogP) is 2.29. The van der Waals surface area contributed by atoms with E-state index in [0.717, 1.165) is 24.1 Å². The van der Waals surface area contributed by atoms with E-state index in [0.29, 0.717) is 18.2 Å². The molecule has 1 aromatic heterocycles. The molecule has 0 aromatic carbocycles. The topological polar surface area (TPSA) is 73.1 Å². The maximum atomic E-state index is 5.81. The number of nitrogen functional groups attached to an aromatic ring is 1. The number of aryl methyl sites for hydroxylation is 1. The van der Waals surface area contributed by atoms with Crippen LogP contribution in [0, 0.1) is 6.92 Å². The molecule has 1 aromatic rings. The second kappa shape index (κ2) is 6.11. The molecule has 0 aliphatic heterocycles. The van der Waals surface area contributed by atoms with Gasteiger partial charge in [0.25, 0.3) is 0 Å². The summed E-state index contributed by atoms with van der Waals surface area (Å²) >= 11 is 0. The lowest BCUT2D eigenvalue weighted by Crippen LogP contribution is -2.29. The summed E-state index contributed by atoms with van der Waals surface area (Å²) in [5, 5.41) is 0. The minimum atomic E-state index is -0.460. The Morgan fingerprint density at radius 2 is 1.94 bits per heavy atom. The number of hydrazine groups is 1. The molecule has 1 rings (SSSR count). The number of ether oxygens (including phenoxy) is 1. The van der Waals surface area contributed by atoms with E-state index >= 15 is 0 Å². The van der Waals surface area contributed by atoms with Crippen LogP contribution < -0.4 is 11.3 Å². The second-order valence-electron chi connectivity index (χ2n) is 4.48. The Hall–Kier alpha value is -1.20. The van der Waals surface area contributed by atoms with E-state index in [1.165, 1.54) is 0 Å². The van der Waals surface area contributed by atoms with Crippen molar-refractivity contribution in [1.82, 2.24) is 9.97 Å². The normalized spacial score (nSPS) is 14.3. The van der Waals surface area contributed by atoms with Crippen molar-refractivity contribution in [2.45, 2.75) is 53.1 Å². The Morgan fingerprint density at radius 1 is 1.28 bits per heavy atom. The van der Waals surface area contributed by atoms with Crippen molar-refractivity contribution >= 4 is 5.82 Å². The van der Waals surface area contributed by atoms with Crippen LogP contribution in [-0.4, -0.2) is 16.6 Å². The fourth-order valence-corrected chi connectivity index (χ4v) is 1.93. The third-order valence-electron chi connectivity index (χ3n) is 3.33. The van der Waals surface area contributed by atoms with Gasteiger partial charge >= 0.3 is 0 Å². The molecule has 1 heterocycles. The zero-order valence-electron chi connectivity index (χ0n) is 12.0. The third kappa shape index (κ3) is 2.79. The number of hydrogen-bond donors (Lipinski definition) is 2. The van der Waals surface area contributed by atoms with Crippen LogP contribution in [0.2, 0.25) is 0 Å². The zero-order chi connectivity index (χ0) is 13.8. The first-order valence-electron chi connectivity index (χ1n) is 6.50. The van der Waals surface area contributed by atoms with E-state index in [4.69, 9.17) is 10.6 Å². The molecule has 0 aliphatic rings. The van der Waals surface area contributed by atoms with Gasteiger partial charge in [0.15, 0.2) is 5.82 Å². The highest BCUT2D eigenvalue weighted by Crippen LogP contribution is 2.28. The SMILES string of the molecule is CCOC(C)(CC)c1nc(CC)c(C)c(NN)n1. The lowest BCUT2D eigenvalue weighted by molar-refractivity contribution is -0.0391. The number of nitrogens with zero attached hydrogens (tertiary/aromatic N) is 2. The van der Waals surface area contributed by atoms with Gasteiger partial charge in [0, 0.05) is 17.9 Å². The largest absolute Gasteiger partial charge is 0.368 e. The Bertz CT molecular complexity index is 383. The number of rotatable bonds is 6. The molecule has 0 amide bonds. The minimum Gasteiger partial charge on any atom is -0.368 e. The summed E-state index contributed by atoms with van der Waals surface area (Å²) in [6.45, 7) is 10.7. The molecule has 0 bridgehead atoms. The molecule has 0 radical (unpaired) electrons. The smallest absolute Gasteiger partial charge is 0.162 e. The molecule has 5 heteroatoms. The van der Waals surface area contributed by atoms with E-state index in [-0.39, 0.29) is 0 Å². The van der Waals surface area contributed by atoms with Crippen molar-refractivity contribution in [1.29, 1.82) is 0 Å². The highest BCUT2D eigenvalue weighted by atomic mass is 16.5. The number of hydrogen-bond acceptors (Lipinski definition) is 5. The van der Waals surface area contributed by atoms with Gasteiger partial charge in [0.1, 0.15) is 11.4 Å². The summed E-state index contributed by atoms with van der Waals surface area (Å²) in [4.78, 5) is 9.12. The van der Waals surface area contributed by atoms with Gasteiger partial charge in [0.05, 0.1) is 0 Å². The van der Waals surface area contributed by atoms with E-state index in [1.807, 2.05) is 20.8 Å². The van der Waals surface area contributed by atoms with Gasteiger partial charge in [-0.25, -0.2) is 15.8 Å². The summed E-state index contributed by atoms with van der Waals surface area (Å²) in [5.74, 6) is 6.89. The lowest BCUT2D eigenvalue weighted by atomic mass is 10.0. The quantitative estimate of drug-likeness (QED) is 0.600. The van der Waals surface area contributed by atoms with Crippen LogP contribution in [0.4, 0.5) is 5.82 Å². The molecular formula is C13H24N4O. The minimum absolute atomic E-state index is 0.460. The number of aromatic nitrogens is 2. The first-order valence-corrected chi connectivity index (χ1v) is 6.50. The third-order valence-corrected chi connectivity index (χ3v) is 3.33. The average Bonchev–Trinajstić information content (AvgIpc) is 2.39. The lowest BCUT2D eigenvalue weighted by Gasteiger charge is -2.27. The van der Waals surface area contributed by atoms with Gasteiger partial charge < -0.3 is 10.2 Å². The fourth-order valence-electron chi connectivity index (χ4n) is 1.93. The Balaban J connectivity index is 3.31.